The van der Waals surface area contributed by atoms with Crippen molar-refractivity contribution in [3.8, 4) is 11.6 Å². The topological polar surface area (TPSA) is 51.6 Å². The molecular weight excluding hydrogens is 315 g/mol. The molecule has 0 spiro atoms. The molecular formula is C17H14ClFN4. The second-order valence-electron chi connectivity index (χ2n) is 5.27. The Morgan fingerprint density at radius 2 is 1.70 bits per heavy atom. The fraction of sp³-hybridized carbons (Fsp3) is 0.176. The molecule has 2 aromatic heterocycles. The summed E-state index contributed by atoms with van der Waals surface area (Å²) >= 11 is 5.84. The fourth-order valence-electron chi connectivity index (χ4n) is 2.28. The highest BCUT2D eigenvalue weighted by atomic mass is 35.5. The van der Waals surface area contributed by atoms with Crippen molar-refractivity contribution in [3.05, 3.63) is 71.0 Å². The number of nitrogens with zero attached hydrogens (tertiary/aromatic N) is 4. The van der Waals surface area contributed by atoms with Gasteiger partial charge in [0.2, 0.25) is 0 Å². The van der Waals surface area contributed by atoms with Gasteiger partial charge in [0.05, 0.1) is 5.02 Å². The van der Waals surface area contributed by atoms with Gasteiger partial charge >= 0.3 is 0 Å². The highest BCUT2D eigenvalue weighted by molar-refractivity contribution is 6.30. The van der Waals surface area contributed by atoms with E-state index in [1.165, 1.54) is 6.07 Å². The molecule has 0 aliphatic heterocycles. The average molecular weight is 329 g/mol. The Kier molecular flexibility index (Phi) is 4.57. The Labute approximate surface area is 138 Å². The van der Waals surface area contributed by atoms with Crippen molar-refractivity contribution in [2.45, 2.75) is 19.3 Å². The van der Waals surface area contributed by atoms with E-state index >= 15 is 0 Å². The predicted octanol–water partition coefficient (Wildman–Crippen LogP) is 4.07. The summed E-state index contributed by atoms with van der Waals surface area (Å²) in [6.07, 6.45) is 7.57. The van der Waals surface area contributed by atoms with Gasteiger partial charge in [-0.05, 0) is 41.7 Å². The Balaban J connectivity index is 1.74. The number of benzene rings is 1. The number of aromatic nitrogens is 4. The van der Waals surface area contributed by atoms with Gasteiger partial charge in [0.25, 0.3) is 0 Å². The van der Waals surface area contributed by atoms with Crippen molar-refractivity contribution in [2.75, 3.05) is 0 Å². The molecule has 1 unspecified atom stereocenters. The van der Waals surface area contributed by atoms with Crippen molar-refractivity contribution >= 4 is 11.6 Å². The fourth-order valence-corrected chi connectivity index (χ4v) is 2.47. The minimum absolute atomic E-state index is 0.141. The molecule has 0 bridgehead atoms. The molecule has 0 N–H and O–H groups in total. The Morgan fingerprint density at radius 1 is 1.04 bits per heavy atom. The zero-order valence-electron chi connectivity index (χ0n) is 12.4. The van der Waals surface area contributed by atoms with Gasteiger partial charge in [0, 0.05) is 24.8 Å². The molecule has 0 aliphatic rings. The van der Waals surface area contributed by atoms with Gasteiger partial charge < -0.3 is 0 Å². The minimum atomic E-state index is -0.404. The molecule has 0 amide bonds. The lowest BCUT2D eigenvalue weighted by Crippen LogP contribution is -2.01. The normalized spacial score (nSPS) is 12.1. The lowest BCUT2D eigenvalue weighted by molar-refractivity contribution is 0.625. The molecule has 3 rings (SSSR count). The molecule has 23 heavy (non-hydrogen) atoms. The van der Waals surface area contributed by atoms with E-state index < -0.39 is 5.82 Å². The Morgan fingerprint density at radius 3 is 2.35 bits per heavy atom. The summed E-state index contributed by atoms with van der Waals surface area (Å²) in [5.74, 6) is 0.762. The van der Waals surface area contributed by atoms with Crippen molar-refractivity contribution in [1.29, 1.82) is 0 Å². The van der Waals surface area contributed by atoms with E-state index in [0.29, 0.717) is 11.6 Å². The summed E-state index contributed by atoms with van der Waals surface area (Å²) < 4.78 is 13.2. The largest absolute Gasteiger partial charge is 0.234 e. The molecule has 3 aromatic rings. The molecule has 0 radical (unpaired) electrons. The van der Waals surface area contributed by atoms with E-state index in [4.69, 9.17) is 11.6 Å². The van der Waals surface area contributed by atoms with Crippen LogP contribution in [0.15, 0.2) is 49.1 Å². The van der Waals surface area contributed by atoms with Gasteiger partial charge in [-0.25, -0.2) is 24.3 Å². The first-order chi connectivity index (χ1) is 11.1. The third kappa shape index (κ3) is 3.68. The average Bonchev–Trinajstić information content (AvgIpc) is 2.59. The molecule has 6 heteroatoms. The molecule has 0 aliphatic carbocycles. The second-order valence-corrected chi connectivity index (χ2v) is 5.67. The zero-order valence-corrected chi connectivity index (χ0v) is 13.2. The van der Waals surface area contributed by atoms with Crippen molar-refractivity contribution in [2.24, 2.45) is 0 Å². The van der Waals surface area contributed by atoms with E-state index in [-0.39, 0.29) is 10.9 Å². The van der Waals surface area contributed by atoms with Crippen LogP contribution in [0.5, 0.6) is 0 Å². The van der Waals surface area contributed by atoms with Crippen LogP contribution in [0.1, 0.15) is 24.0 Å². The van der Waals surface area contributed by atoms with Crippen LogP contribution in [-0.4, -0.2) is 19.9 Å². The van der Waals surface area contributed by atoms with E-state index in [0.717, 1.165) is 17.5 Å². The molecule has 116 valence electrons. The van der Waals surface area contributed by atoms with Crippen LogP contribution in [0.25, 0.3) is 11.6 Å². The summed E-state index contributed by atoms with van der Waals surface area (Å²) in [6.45, 7) is 2.05. The summed E-state index contributed by atoms with van der Waals surface area (Å²) in [7, 11) is 0. The highest BCUT2D eigenvalue weighted by Crippen LogP contribution is 2.24. The summed E-state index contributed by atoms with van der Waals surface area (Å²) in [5.41, 5.74) is 1.96. The Hall–Kier alpha value is -2.40. The van der Waals surface area contributed by atoms with Gasteiger partial charge in [-0.1, -0.05) is 24.6 Å². The van der Waals surface area contributed by atoms with Crippen molar-refractivity contribution in [1.82, 2.24) is 19.9 Å². The van der Waals surface area contributed by atoms with E-state index in [9.17, 15) is 4.39 Å². The molecule has 1 aromatic carbocycles. The predicted molar refractivity (Wildman–Crippen MR) is 86.6 cm³/mol. The van der Waals surface area contributed by atoms with Crippen LogP contribution in [0.2, 0.25) is 5.02 Å². The quantitative estimate of drug-likeness (QED) is 0.724. The minimum Gasteiger partial charge on any atom is -0.234 e. The van der Waals surface area contributed by atoms with Crippen LogP contribution < -0.4 is 0 Å². The van der Waals surface area contributed by atoms with Crippen LogP contribution in [-0.2, 0) is 6.42 Å². The monoisotopic (exact) mass is 328 g/mol. The first-order valence-corrected chi connectivity index (χ1v) is 7.54. The van der Waals surface area contributed by atoms with Crippen LogP contribution in [0.4, 0.5) is 4.39 Å². The molecule has 0 fully saturated rings. The molecule has 0 saturated heterocycles. The third-order valence-electron chi connectivity index (χ3n) is 3.53. The number of rotatable bonds is 4. The lowest BCUT2D eigenvalue weighted by atomic mass is 9.95. The third-order valence-corrected chi connectivity index (χ3v) is 3.82. The van der Waals surface area contributed by atoms with Gasteiger partial charge in [0.15, 0.2) is 11.6 Å². The maximum atomic E-state index is 13.2. The van der Waals surface area contributed by atoms with Crippen LogP contribution >= 0.6 is 11.6 Å². The smallest absolute Gasteiger partial charge is 0.197 e. The Bertz CT molecular complexity index is 793. The maximum absolute atomic E-state index is 13.2. The second kappa shape index (κ2) is 6.79. The first kappa shape index (κ1) is 15.5. The number of halogens is 2. The first-order valence-electron chi connectivity index (χ1n) is 7.17. The molecule has 0 saturated carbocycles. The van der Waals surface area contributed by atoms with Gasteiger partial charge in [0.1, 0.15) is 5.82 Å². The van der Waals surface area contributed by atoms with Crippen LogP contribution in [0.3, 0.4) is 0 Å². The van der Waals surface area contributed by atoms with E-state index in [2.05, 4.69) is 26.9 Å². The SMILES string of the molecule is CC(Cc1cnc(-c2ncccn2)nc1)c1ccc(F)c(Cl)c1. The molecule has 1 atom stereocenters. The summed E-state index contributed by atoms with van der Waals surface area (Å²) in [5, 5.41) is 0.141. The maximum Gasteiger partial charge on any atom is 0.197 e. The standard InChI is InChI=1S/C17H14ClFN4/c1-11(13-3-4-15(19)14(18)8-13)7-12-9-22-17(23-10-12)16-20-5-2-6-21-16/h2-6,8-11H,7H2,1H3. The molecule has 4 nitrogen and oxygen atoms in total. The summed E-state index contributed by atoms with van der Waals surface area (Å²) in [4.78, 5) is 16.8. The van der Waals surface area contributed by atoms with Crippen molar-refractivity contribution < 1.29 is 4.39 Å². The van der Waals surface area contributed by atoms with E-state index in [1.54, 1.807) is 43.0 Å². The van der Waals surface area contributed by atoms with E-state index in [1.807, 2.05) is 0 Å². The zero-order chi connectivity index (χ0) is 16.2. The number of hydrogen-bond acceptors (Lipinski definition) is 4. The highest BCUT2D eigenvalue weighted by Gasteiger charge is 2.11. The lowest BCUT2D eigenvalue weighted by Gasteiger charge is -2.12. The number of hydrogen-bond donors (Lipinski definition) is 0. The van der Waals surface area contributed by atoms with Gasteiger partial charge in [-0.15, -0.1) is 0 Å². The molecule has 2 heterocycles. The van der Waals surface area contributed by atoms with Crippen molar-refractivity contribution in [3.63, 3.8) is 0 Å². The summed E-state index contributed by atoms with van der Waals surface area (Å²) in [6, 6.07) is 6.54. The van der Waals surface area contributed by atoms with Crippen LogP contribution in [0, 0.1) is 5.82 Å². The van der Waals surface area contributed by atoms with Gasteiger partial charge in [-0.2, -0.15) is 0 Å². The van der Waals surface area contributed by atoms with Gasteiger partial charge in [-0.3, -0.25) is 0 Å².